The van der Waals surface area contributed by atoms with Crippen molar-refractivity contribution >= 4 is 37.6 Å². The Hall–Kier alpha value is -0.340. The van der Waals surface area contributed by atoms with E-state index in [1.54, 1.807) is 6.07 Å². The van der Waals surface area contributed by atoms with Crippen molar-refractivity contribution in [1.82, 2.24) is 9.62 Å². The van der Waals surface area contributed by atoms with Gasteiger partial charge in [0, 0.05) is 24.2 Å². The number of sulfonamides is 1. The average Bonchev–Trinajstić information content (AvgIpc) is 2.46. The van der Waals surface area contributed by atoms with Gasteiger partial charge in [-0.1, -0.05) is 11.6 Å². The number of hydrogen-bond donors (Lipinski definition) is 1. The molecule has 1 fully saturated rings. The summed E-state index contributed by atoms with van der Waals surface area (Å²) in [6, 6.07) is 3.22. The van der Waals surface area contributed by atoms with Gasteiger partial charge in [0.05, 0.1) is 11.6 Å². The maximum Gasteiger partial charge on any atom is 0.246 e. The third kappa shape index (κ3) is 3.53. The van der Waals surface area contributed by atoms with Crippen LogP contribution in [0.5, 0.6) is 5.75 Å². The van der Waals surface area contributed by atoms with Crippen molar-refractivity contribution in [2.75, 3.05) is 27.2 Å². The number of nitrogens with zero attached hydrogens (tertiary/aromatic N) is 1. The van der Waals surface area contributed by atoms with Crippen LogP contribution in [0.25, 0.3) is 0 Å². The summed E-state index contributed by atoms with van der Waals surface area (Å²) in [5.74, 6) is 0.283. The third-order valence-electron chi connectivity index (χ3n) is 3.59. The fraction of sp³-hybridized carbons (Fsp3) is 0.538. The lowest BCUT2D eigenvalue weighted by molar-refractivity contribution is 0.291. The molecule has 8 heteroatoms. The Morgan fingerprint density at radius 1 is 1.48 bits per heavy atom. The first-order chi connectivity index (χ1) is 9.90. The molecule has 1 aliphatic rings. The van der Waals surface area contributed by atoms with Gasteiger partial charge in [-0.25, -0.2) is 8.42 Å². The van der Waals surface area contributed by atoms with Crippen molar-refractivity contribution in [2.24, 2.45) is 0 Å². The van der Waals surface area contributed by atoms with Gasteiger partial charge in [0.1, 0.15) is 4.90 Å². The number of rotatable bonds is 4. The summed E-state index contributed by atoms with van der Waals surface area (Å²) in [6.45, 7) is 0.958. The van der Waals surface area contributed by atoms with Crippen LogP contribution in [-0.2, 0) is 10.0 Å². The van der Waals surface area contributed by atoms with E-state index in [1.165, 1.54) is 17.5 Å². The second-order valence-electron chi connectivity index (χ2n) is 4.91. The molecular weight excluding hydrogens is 380 g/mol. The van der Waals surface area contributed by atoms with Crippen LogP contribution in [0.1, 0.15) is 12.8 Å². The molecule has 1 saturated heterocycles. The lowest BCUT2D eigenvalue weighted by atomic mass is 10.1. The zero-order valence-corrected chi connectivity index (χ0v) is 15.1. The predicted octanol–water partition coefficient (Wildman–Crippen LogP) is 2.48. The van der Waals surface area contributed by atoms with Crippen LogP contribution in [0.3, 0.4) is 0 Å². The van der Waals surface area contributed by atoms with Crippen LogP contribution in [0.4, 0.5) is 0 Å². The van der Waals surface area contributed by atoms with Crippen molar-refractivity contribution in [3.8, 4) is 5.75 Å². The molecule has 0 aromatic heterocycles. The second kappa shape index (κ2) is 6.83. The zero-order chi connectivity index (χ0) is 15.6. The van der Waals surface area contributed by atoms with Crippen LogP contribution in [-0.4, -0.2) is 46.0 Å². The van der Waals surface area contributed by atoms with Gasteiger partial charge in [0.15, 0.2) is 5.75 Å². The van der Waals surface area contributed by atoms with E-state index in [1.807, 2.05) is 7.05 Å². The molecule has 0 radical (unpaired) electrons. The van der Waals surface area contributed by atoms with Crippen molar-refractivity contribution in [2.45, 2.75) is 23.8 Å². The molecule has 1 aromatic rings. The molecule has 1 aliphatic heterocycles. The lowest BCUT2D eigenvalue weighted by Gasteiger charge is -2.32. The number of hydrogen-bond acceptors (Lipinski definition) is 4. The summed E-state index contributed by atoms with van der Waals surface area (Å²) in [5.41, 5.74) is 0. The Kier molecular flexibility index (Phi) is 5.54. The Balaban J connectivity index is 2.44. The predicted molar refractivity (Wildman–Crippen MR) is 86.5 cm³/mol. The fourth-order valence-corrected chi connectivity index (χ4v) is 5.36. The molecule has 0 bridgehead atoms. The summed E-state index contributed by atoms with van der Waals surface area (Å²) in [7, 11) is -0.350. The van der Waals surface area contributed by atoms with E-state index in [9.17, 15) is 8.42 Å². The number of halogens is 2. The van der Waals surface area contributed by atoms with Crippen molar-refractivity contribution < 1.29 is 13.2 Å². The monoisotopic (exact) mass is 396 g/mol. The molecule has 0 amide bonds. The van der Waals surface area contributed by atoms with Crippen LogP contribution < -0.4 is 10.1 Å². The van der Waals surface area contributed by atoms with Crippen LogP contribution in [0.15, 0.2) is 21.5 Å². The average molecular weight is 398 g/mol. The van der Waals surface area contributed by atoms with E-state index in [-0.39, 0.29) is 16.7 Å². The minimum Gasteiger partial charge on any atom is -0.494 e. The molecule has 1 atom stereocenters. The number of likely N-dealkylation sites (N-methyl/N-ethyl adjacent to an activating group) is 1. The van der Waals surface area contributed by atoms with Gasteiger partial charge in [-0.3, -0.25) is 0 Å². The quantitative estimate of drug-likeness (QED) is 0.848. The Morgan fingerprint density at radius 2 is 2.19 bits per heavy atom. The molecule has 1 heterocycles. The topological polar surface area (TPSA) is 58.6 Å². The molecule has 21 heavy (non-hydrogen) atoms. The number of piperidine rings is 1. The number of ether oxygens (including phenoxy) is 1. The van der Waals surface area contributed by atoms with Crippen molar-refractivity contribution in [1.29, 1.82) is 0 Å². The Labute approximate surface area is 138 Å². The van der Waals surface area contributed by atoms with Gasteiger partial charge in [0.25, 0.3) is 0 Å². The normalized spacial score (nSPS) is 20.5. The fourth-order valence-electron chi connectivity index (χ4n) is 2.46. The van der Waals surface area contributed by atoms with Gasteiger partial charge in [-0.15, -0.1) is 0 Å². The Bertz CT molecular complexity index is 624. The summed E-state index contributed by atoms with van der Waals surface area (Å²) < 4.78 is 33.0. The van der Waals surface area contributed by atoms with E-state index < -0.39 is 10.0 Å². The number of benzene rings is 1. The van der Waals surface area contributed by atoms with E-state index >= 15 is 0 Å². The highest BCUT2D eigenvalue weighted by Crippen LogP contribution is 2.37. The minimum atomic E-state index is -3.64. The largest absolute Gasteiger partial charge is 0.494 e. The Morgan fingerprint density at radius 3 is 2.81 bits per heavy atom. The molecule has 1 N–H and O–H groups in total. The lowest BCUT2D eigenvalue weighted by Crippen LogP contribution is -2.46. The highest BCUT2D eigenvalue weighted by Gasteiger charge is 2.32. The maximum atomic E-state index is 12.9. The number of methoxy groups -OCH3 is 1. The molecule has 2 rings (SSSR count). The molecule has 0 spiro atoms. The first-order valence-electron chi connectivity index (χ1n) is 6.60. The van der Waals surface area contributed by atoms with Gasteiger partial charge in [-0.05, 0) is 48.0 Å². The van der Waals surface area contributed by atoms with Gasteiger partial charge in [0.2, 0.25) is 10.0 Å². The van der Waals surface area contributed by atoms with Gasteiger partial charge >= 0.3 is 0 Å². The van der Waals surface area contributed by atoms with Crippen molar-refractivity contribution in [3.05, 3.63) is 21.6 Å². The first-order valence-corrected chi connectivity index (χ1v) is 9.21. The van der Waals surface area contributed by atoms with E-state index in [2.05, 4.69) is 21.2 Å². The highest BCUT2D eigenvalue weighted by atomic mass is 79.9. The SMILES string of the molecule is CNC1CCCN(S(=O)(=O)c2cc(Cl)cc(Br)c2OC)C1. The second-order valence-corrected chi connectivity index (χ2v) is 8.11. The molecule has 5 nitrogen and oxygen atoms in total. The summed E-state index contributed by atoms with van der Waals surface area (Å²) in [4.78, 5) is 0.0983. The van der Waals surface area contributed by atoms with E-state index in [4.69, 9.17) is 16.3 Å². The van der Waals surface area contributed by atoms with Gasteiger partial charge < -0.3 is 10.1 Å². The van der Waals surface area contributed by atoms with Crippen LogP contribution >= 0.6 is 27.5 Å². The van der Waals surface area contributed by atoms with Gasteiger partial charge in [-0.2, -0.15) is 4.31 Å². The first kappa shape index (κ1) is 17.0. The molecule has 1 aromatic carbocycles. The third-order valence-corrected chi connectivity index (χ3v) is 6.27. The molecule has 0 aliphatic carbocycles. The summed E-state index contributed by atoms with van der Waals surface area (Å²) in [6.07, 6.45) is 1.80. The highest BCUT2D eigenvalue weighted by molar-refractivity contribution is 9.10. The molecule has 118 valence electrons. The smallest absolute Gasteiger partial charge is 0.246 e. The molecule has 1 unspecified atom stereocenters. The molecule has 0 saturated carbocycles. The zero-order valence-electron chi connectivity index (χ0n) is 11.9. The standard InChI is InChI=1S/C13H18BrClN2O3S/c1-16-10-4-3-5-17(8-10)21(18,19)12-7-9(15)6-11(14)13(12)20-2/h6-7,10,16H,3-5,8H2,1-2H3. The molecular formula is C13H18BrClN2O3S. The van der Waals surface area contributed by atoms with Crippen LogP contribution in [0, 0.1) is 0 Å². The summed E-state index contributed by atoms with van der Waals surface area (Å²) >= 11 is 9.29. The van der Waals surface area contributed by atoms with E-state index in [0.717, 1.165) is 12.8 Å². The number of nitrogens with one attached hydrogen (secondary N) is 1. The van der Waals surface area contributed by atoms with Crippen LogP contribution in [0.2, 0.25) is 5.02 Å². The van der Waals surface area contributed by atoms with Crippen molar-refractivity contribution in [3.63, 3.8) is 0 Å². The summed E-state index contributed by atoms with van der Waals surface area (Å²) in [5, 5.41) is 3.49. The van der Waals surface area contributed by atoms with E-state index in [0.29, 0.717) is 22.6 Å². The maximum absolute atomic E-state index is 12.9. The minimum absolute atomic E-state index is 0.0983.